The molecule has 0 aromatic heterocycles. The van der Waals surface area contributed by atoms with Crippen LogP contribution in [0.1, 0.15) is 11.1 Å². The molecule has 2 aliphatic heterocycles. The summed E-state index contributed by atoms with van der Waals surface area (Å²) in [4.78, 5) is 29.4. The first-order chi connectivity index (χ1) is 14.5. The number of morpholine rings is 1. The van der Waals surface area contributed by atoms with Crippen molar-refractivity contribution in [1.82, 2.24) is 4.90 Å². The van der Waals surface area contributed by atoms with Crippen molar-refractivity contribution in [2.24, 2.45) is 0 Å². The second-order valence-corrected chi connectivity index (χ2v) is 7.57. The molecule has 0 spiro atoms. The molecule has 1 saturated heterocycles. The smallest absolute Gasteiger partial charge is 0.265 e. The number of para-hydroxylation sites is 2. The van der Waals surface area contributed by atoms with Gasteiger partial charge in [-0.3, -0.25) is 9.59 Å². The van der Waals surface area contributed by atoms with E-state index in [9.17, 15) is 9.59 Å². The van der Waals surface area contributed by atoms with Gasteiger partial charge in [0.05, 0.1) is 25.4 Å². The Morgan fingerprint density at radius 1 is 1.10 bits per heavy atom. The van der Waals surface area contributed by atoms with Gasteiger partial charge in [-0.25, -0.2) is 0 Å². The Morgan fingerprint density at radius 2 is 1.87 bits per heavy atom. The van der Waals surface area contributed by atoms with E-state index >= 15 is 0 Å². The molecule has 30 heavy (non-hydrogen) atoms. The van der Waals surface area contributed by atoms with E-state index in [0.29, 0.717) is 43.5 Å². The summed E-state index contributed by atoms with van der Waals surface area (Å²) in [5.41, 5.74) is 2.69. The molecule has 0 bridgehead atoms. The average Bonchev–Trinajstić information content (AvgIpc) is 2.78. The number of nitrogens with zero attached hydrogens (tertiary/aromatic N) is 2. The lowest BCUT2D eigenvalue weighted by atomic mass is 10.1. The van der Waals surface area contributed by atoms with E-state index in [0.717, 1.165) is 11.1 Å². The maximum atomic E-state index is 13.1. The van der Waals surface area contributed by atoms with Crippen LogP contribution in [0, 0.1) is 13.8 Å². The number of fused-ring (bicyclic) bond motifs is 1. The summed E-state index contributed by atoms with van der Waals surface area (Å²) >= 11 is 0. The number of anilines is 1. The minimum atomic E-state index is -0.748. The number of ether oxygens (including phenoxy) is 3. The van der Waals surface area contributed by atoms with Crippen LogP contribution in [-0.4, -0.2) is 62.3 Å². The van der Waals surface area contributed by atoms with Crippen LogP contribution in [-0.2, 0) is 14.3 Å². The number of rotatable bonds is 4. The molecule has 0 aliphatic carbocycles. The van der Waals surface area contributed by atoms with Gasteiger partial charge in [-0.15, -0.1) is 0 Å². The van der Waals surface area contributed by atoms with Crippen LogP contribution >= 0.6 is 0 Å². The molecule has 1 atom stereocenters. The molecule has 2 heterocycles. The zero-order valence-electron chi connectivity index (χ0n) is 17.3. The van der Waals surface area contributed by atoms with Gasteiger partial charge in [0.15, 0.2) is 12.7 Å². The number of hydrogen-bond donors (Lipinski definition) is 0. The third-order valence-corrected chi connectivity index (χ3v) is 5.37. The van der Waals surface area contributed by atoms with Crippen molar-refractivity contribution in [3.8, 4) is 11.5 Å². The van der Waals surface area contributed by atoms with Crippen molar-refractivity contribution in [3.05, 3.63) is 53.6 Å². The van der Waals surface area contributed by atoms with Gasteiger partial charge >= 0.3 is 0 Å². The second-order valence-electron chi connectivity index (χ2n) is 7.57. The summed E-state index contributed by atoms with van der Waals surface area (Å²) in [6, 6.07) is 13.2. The lowest BCUT2D eigenvalue weighted by Gasteiger charge is -2.37. The number of hydrogen-bond acceptors (Lipinski definition) is 5. The molecule has 0 saturated carbocycles. The first kappa shape index (κ1) is 20.2. The van der Waals surface area contributed by atoms with Crippen LogP contribution in [0.15, 0.2) is 42.5 Å². The molecule has 7 heteroatoms. The van der Waals surface area contributed by atoms with Crippen LogP contribution in [0.4, 0.5) is 5.69 Å². The molecule has 158 valence electrons. The van der Waals surface area contributed by atoms with Crippen LogP contribution in [0.2, 0.25) is 0 Å². The second kappa shape index (κ2) is 8.75. The molecule has 0 N–H and O–H groups in total. The van der Waals surface area contributed by atoms with Crippen molar-refractivity contribution in [2.75, 3.05) is 44.4 Å². The van der Waals surface area contributed by atoms with Gasteiger partial charge in [0.1, 0.15) is 11.5 Å². The molecule has 2 amide bonds. The first-order valence-electron chi connectivity index (χ1n) is 10.2. The van der Waals surface area contributed by atoms with Gasteiger partial charge in [0, 0.05) is 13.1 Å². The van der Waals surface area contributed by atoms with Crippen molar-refractivity contribution in [1.29, 1.82) is 0 Å². The Labute approximate surface area is 176 Å². The minimum absolute atomic E-state index is 0.114. The summed E-state index contributed by atoms with van der Waals surface area (Å²) in [6.07, 6.45) is -0.748. The predicted octanol–water partition coefficient (Wildman–Crippen LogP) is 2.34. The lowest BCUT2D eigenvalue weighted by Crippen LogP contribution is -2.54. The van der Waals surface area contributed by atoms with Gasteiger partial charge in [0.25, 0.3) is 11.8 Å². The predicted molar refractivity (Wildman–Crippen MR) is 112 cm³/mol. The number of carbonyl (C=O) groups excluding carboxylic acids is 2. The maximum absolute atomic E-state index is 13.1. The van der Waals surface area contributed by atoms with Gasteiger partial charge in [-0.1, -0.05) is 24.3 Å². The Morgan fingerprint density at radius 3 is 2.67 bits per heavy atom. The molecule has 2 aromatic carbocycles. The maximum Gasteiger partial charge on any atom is 0.265 e. The molecule has 2 aliphatic rings. The monoisotopic (exact) mass is 410 g/mol. The van der Waals surface area contributed by atoms with E-state index in [2.05, 4.69) is 0 Å². The molecular formula is C23H26N2O5. The average molecular weight is 410 g/mol. The highest BCUT2D eigenvalue weighted by Crippen LogP contribution is 2.34. The molecule has 7 nitrogen and oxygen atoms in total. The van der Waals surface area contributed by atoms with Gasteiger partial charge in [0.2, 0.25) is 0 Å². The number of aryl methyl sites for hydroxylation is 2. The molecule has 0 unspecified atom stereocenters. The highest BCUT2D eigenvalue weighted by molar-refractivity contribution is 5.98. The van der Waals surface area contributed by atoms with E-state index in [4.69, 9.17) is 14.2 Å². The molecule has 1 fully saturated rings. The van der Waals surface area contributed by atoms with Gasteiger partial charge in [-0.05, 0) is 43.2 Å². The van der Waals surface area contributed by atoms with E-state index in [1.807, 2.05) is 50.2 Å². The van der Waals surface area contributed by atoms with Crippen molar-refractivity contribution >= 4 is 17.5 Å². The Kier molecular flexibility index (Phi) is 5.90. The third-order valence-electron chi connectivity index (χ3n) is 5.37. The quantitative estimate of drug-likeness (QED) is 0.774. The fourth-order valence-electron chi connectivity index (χ4n) is 3.67. The summed E-state index contributed by atoms with van der Waals surface area (Å²) in [5.74, 6) is 0.869. The van der Waals surface area contributed by atoms with Crippen LogP contribution in [0.25, 0.3) is 0 Å². The van der Waals surface area contributed by atoms with Crippen LogP contribution in [0.5, 0.6) is 11.5 Å². The van der Waals surface area contributed by atoms with E-state index < -0.39 is 6.10 Å². The van der Waals surface area contributed by atoms with Crippen LogP contribution in [0.3, 0.4) is 0 Å². The van der Waals surface area contributed by atoms with Crippen molar-refractivity contribution in [2.45, 2.75) is 20.0 Å². The highest BCUT2D eigenvalue weighted by Gasteiger charge is 2.36. The standard InChI is InChI=1S/C23H26N2O5/c1-16-7-8-17(2)20(13-16)29-15-22(26)25-14-21(23(27)24-9-11-28-12-10-24)30-19-6-4-3-5-18(19)25/h3-8,13,21H,9-12,14-15H2,1-2H3/t21-/m0/s1. The van der Waals surface area contributed by atoms with E-state index in [1.165, 1.54) is 0 Å². The lowest BCUT2D eigenvalue weighted by molar-refractivity contribution is -0.142. The normalized spacial score (nSPS) is 18.4. The summed E-state index contributed by atoms with van der Waals surface area (Å²) in [7, 11) is 0. The van der Waals surface area contributed by atoms with Crippen molar-refractivity contribution in [3.63, 3.8) is 0 Å². The number of amides is 2. The topological polar surface area (TPSA) is 68.3 Å². The minimum Gasteiger partial charge on any atom is -0.483 e. The largest absolute Gasteiger partial charge is 0.483 e. The zero-order chi connectivity index (χ0) is 21.1. The molecule has 4 rings (SSSR count). The Balaban J connectivity index is 1.51. The van der Waals surface area contributed by atoms with Crippen LogP contribution < -0.4 is 14.4 Å². The Bertz CT molecular complexity index is 939. The van der Waals surface area contributed by atoms with Crippen molar-refractivity contribution < 1.29 is 23.8 Å². The fraction of sp³-hybridized carbons (Fsp3) is 0.391. The summed E-state index contributed by atoms with van der Waals surface area (Å²) in [5, 5.41) is 0. The SMILES string of the molecule is Cc1ccc(C)c(OCC(=O)N2C[C@@H](C(=O)N3CCOCC3)Oc3ccccc32)c1. The molecule has 2 aromatic rings. The molecule has 0 radical (unpaired) electrons. The van der Waals surface area contributed by atoms with Gasteiger partial charge in [-0.2, -0.15) is 0 Å². The summed E-state index contributed by atoms with van der Waals surface area (Å²) < 4.78 is 17.1. The number of benzene rings is 2. The zero-order valence-corrected chi connectivity index (χ0v) is 17.3. The van der Waals surface area contributed by atoms with Gasteiger partial charge < -0.3 is 24.0 Å². The van der Waals surface area contributed by atoms with E-state index in [-0.39, 0.29) is 25.0 Å². The van der Waals surface area contributed by atoms with E-state index in [1.54, 1.807) is 15.9 Å². The molecular weight excluding hydrogens is 384 g/mol. The Hall–Kier alpha value is -3.06. The first-order valence-corrected chi connectivity index (χ1v) is 10.2. The fourth-order valence-corrected chi connectivity index (χ4v) is 3.67. The summed E-state index contributed by atoms with van der Waals surface area (Å²) in [6.45, 7) is 6.06. The number of carbonyl (C=O) groups is 2. The highest BCUT2D eigenvalue weighted by atomic mass is 16.5. The third kappa shape index (κ3) is 4.26.